The van der Waals surface area contributed by atoms with E-state index in [1.165, 1.54) is 5.69 Å². The second kappa shape index (κ2) is 4.99. The molecule has 4 nitrogen and oxygen atoms in total. The summed E-state index contributed by atoms with van der Waals surface area (Å²) in [6.07, 6.45) is 0.309. The van der Waals surface area contributed by atoms with Crippen LogP contribution in [0.15, 0.2) is 24.3 Å². The Balaban J connectivity index is 2.03. The zero-order valence-corrected chi connectivity index (χ0v) is 9.19. The van der Waals surface area contributed by atoms with Gasteiger partial charge >= 0.3 is 0 Å². The SMILES string of the molecule is NC(=O)Cc1ccc(N2CCOCC2)cc1. The van der Waals surface area contributed by atoms with Crippen molar-refractivity contribution in [3.8, 4) is 0 Å². The summed E-state index contributed by atoms with van der Waals surface area (Å²) in [6.45, 7) is 3.41. The van der Waals surface area contributed by atoms with E-state index in [-0.39, 0.29) is 5.91 Å². The van der Waals surface area contributed by atoms with Crippen molar-refractivity contribution in [2.24, 2.45) is 5.73 Å². The number of amides is 1. The Hall–Kier alpha value is -1.55. The lowest BCUT2D eigenvalue weighted by molar-refractivity contribution is -0.117. The summed E-state index contributed by atoms with van der Waals surface area (Å²) in [5.41, 5.74) is 7.28. The van der Waals surface area contributed by atoms with Crippen LogP contribution in [-0.4, -0.2) is 32.2 Å². The van der Waals surface area contributed by atoms with Crippen LogP contribution < -0.4 is 10.6 Å². The fraction of sp³-hybridized carbons (Fsp3) is 0.417. The van der Waals surface area contributed by atoms with Crippen LogP contribution in [0.1, 0.15) is 5.56 Å². The number of carbonyl (C=O) groups is 1. The van der Waals surface area contributed by atoms with E-state index in [1.54, 1.807) is 0 Å². The molecule has 1 aromatic carbocycles. The number of anilines is 1. The normalized spacial score (nSPS) is 16.1. The van der Waals surface area contributed by atoms with Crippen molar-refractivity contribution in [1.82, 2.24) is 0 Å². The lowest BCUT2D eigenvalue weighted by Gasteiger charge is -2.28. The van der Waals surface area contributed by atoms with Crippen LogP contribution in [0, 0.1) is 0 Å². The molecule has 0 atom stereocenters. The van der Waals surface area contributed by atoms with Gasteiger partial charge in [0.2, 0.25) is 5.91 Å². The molecule has 1 heterocycles. The summed E-state index contributed by atoms with van der Waals surface area (Å²) < 4.78 is 5.29. The smallest absolute Gasteiger partial charge is 0.221 e. The summed E-state index contributed by atoms with van der Waals surface area (Å²) in [4.78, 5) is 13.0. The molecule has 1 aromatic rings. The van der Waals surface area contributed by atoms with Crippen molar-refractivity contribution >= 4 is 11.6 Å². The molecule has 4 heteroatoms. The molecule has 2 rings (SSSR count). The first-order chi connectivity index (χ1) is 7.75. The Labute approximate surface area is 95.0 Å². The van der Waals surface area contributed by atoms with Gasteiger partial charge in [0.05, 0.1) is 19.6 Å². The standard InChI is InChI=1S/C12H16N2O2/c13-12(15)9-10-1-3-11(4-2-10)14-5-7-16-8-6-14/h1-4H,5-9H2,(H2,13,15). The minimum atomic E-state index is -0.292. The molecule has 0 saturated carbocycles. The van der Waals surface area contributed by atoms with E-state index >= 15 is 0 Å². The van der Waals surface area contributed by atoms with E-state index in [4.69, 9.17) is 10.5 Å². The number of nitrogens with zero attached hydrogens (tertiary/aromatic N) is 1. The maximum atomic E-state index is 10.8. The van der Waals surface area contributed by atoms with Crippen LogP contribution >= 0.6 is 0 Å². The summed E-state index contributed by atoms with van der Waals surface area (Å²) in [5, 5.41) is 0. The van der Waals surface area contributed by atoms with Crippen LogP contribution in [0.4, 0.5) is 5.69 Å². The molecule has 1 aliphatic heterocycles. The first-order valence-electron chi connectivity index (χ1n) is 5.45. The molecule has 1 saturated heterocycles. The molecule has 1 aliphatic rings. The minimum absolute atomic E-state index is 0.292. The first-order valence-corrected chi connectivity index (χ1v) is 5.45. The van der Waals surface area contributed by atoms with E-state index < -0.39 is 0 Å². The third-order valence-corrected chi connectivity index (χ3v) is 2.69. The number of ether oxygens (including phenoxy) is 1. The van der Waals surface area contributed by atoms with Gasteiger partial charge in [-0.1, -0.05) is 12.1 Å². The highest BCUT2D eigenvalue weighted by Gasteiger charge is 2.10. The molecule has 2 N–H and O–H groups in total. The van der Waals surface area contributed by atoms with E-state index in [1.807, 2.05) is 24.3 Å². The van der Waals surface area contributed by atoms with Gasteiger partial charge in [-0.3, -0.25) is 4.79 Å². The third-order valence-electron chi connectivity index (χ3n) is 2.69. The highest BCUT2D eigenvalue weighted by molar-refractivity contribution is 5.76. The largest absolute Gasteiger partial charge is 0.378 e. The van der Waals surface area contributed by atoms with Crippen molar-refractivity contribution in [3.05, 3.63) is 29.8 Å². The number of primary amides is 1. The summed E-state index contributed by atoms with van der Waals surface area (Å²) in [6, 6.07) is 7.97. The molecule has 0 unspecified atom stereocenters. The van der Waals surface area contributed by atoms with E-state index in [0.29, 0.717) is 6.42 Å². The molecule has 0 bridgehead atoms. The molecule has 1 fully saturated rings. The quantitative estimate of drug-likeness (QED) is 0.809. The number of carbonyl (C=O) groups excluding carboxylic acids is 1. The van der Waals surface area contributed by atoms with Crippen LogP contribution in [0.3, 0.4) is 0 Å². The van der Waals surface area contributed by atoms with Gasteiger partial charge in [-0.05, 0) is 17.7 Å². The Morgan fingerprint density at radius 1 is 1.25 bits per heavy atom. The molecule has 86 valence electrons. The van der Waals surface area contributed by atoms with Gasteiger partial charge in [0, 0.05) is 18.8 Å². The molecule has 16 heavy (non-hydrogen) atoms. The van der Waals surface area contributed by atoms with Gasteiger partial charge in [0.1, 0.15) is 0 Å². The lowest BCUT2D eigenvalue weighted by Crippen LogP contribution is -2.36. The third kappa shape index (κ3) is 2.73. The van der Waals surface area contributed by atoms with Gasteiger partial charge in [-0.15, -0.1) is 0 Å². The fourth-order valence-corrected chi connectivity index (χ4v) is 1.85. The zero-order valence-electron chi connectivity index (χ0n) is 9.19. The maximum absolute atomic E-state index is 10.8. The average molecular weight is 220 g/mol. The van der Waals surface area contributed by atoms with Crippen molar-refractivity contribution < 1.29 is 9.53 Å². The number of hydrogen-bond donors (Lipinski definition) is 1. The summed E-state index contributed by atoms with van der Waals surface area (Å²) in [7, 11) is 0. The lowest BCUT2D eigenvalue weighted by atomic mass is 10.1. The number of nitrogens with two attached hydrogens (primary N) is 1. The predicted molar refractivity (Wildman–Crippen MR) is 62.4 cm³/mol. The monoisotopic (exact) mass is 220 g/mol. The van der Waals surface area contributed by atoms with Gasteiger partial charge in [-0.2, -0.15) is 0 Å². The van der Waals surface area contributed by atoms with Crippen molar-refractivity contribution in [3.63, 3.8) is 0 Å². The number of rotatable bonds is 3. The first kappa shape index (κ1) is 11.0. The second-order valence-corrected chi connectivity index (χ2v) is 3.91. The van der Waals surface area contributed by atoms with Gasteiger partial charge in [0.25, 0.3) is 0 Å². The fourth-order valence-electron chi connectivity index (χ4n) is 1.85. The Morgan fingerprint density at radius 3 is 2.44 bits per heavy atom. The number of morpholine rings is 1. The highest BCUT2D eigenvalue weighted by atomic mass is 16.5. The van der Waals surface area contributed by atoms with Gasteiger partial charge in [0.15, 0.2) is 0 Å². The zero-order chi connectivity index (χ0) is 11.4. The Bertz CT molecular complexity index is 356. The van der Waals surface area contributed by atoms with E-state index in [9.17, 15) is 4.79 Å². The van der Waals surface area contributed by atoms with E-state index in [0.717, 1.165) is 31.9 Å². The molecule has 0 spiro atoms. The average Bonchev–Trinajstić information content (AvgIpc) is 2.30. The van der Waals surface area contributed by atoms with Crippen LogP contribution in [0.5, 0.6) is 0 Å². The molecule has 0 radical (unpaired) electrons. The van der Waals surface area contributed by atoms with Crippen LogP contribution in [0.2, 0.25) is 0 Å². The van der Waals surface area contributed by atoms with Gasteiger partial charge in [-0.25, -0.2) is 0 Å². The summed E-state index contributed by atoms with van der Waals surface area (Å²) >= 11 is 0. The second-order valence-electron chi connectivity index (χ2n) is 3.91. The van der Waals surface area contributed by atoms with Crippen LogP contribution in [0.25, 0.3) is 0 Å². The minimum Gasteiger partial charge on any atom is -0.378 e. The van der Waals surface area contributed by atoms with Crippen molar-refractivity contribution in [2.75, 3.05) is 31.2 Å². The molecular weight excluding hydrogens is 204 g/mol. The molecular formula is C12H16N2O2. The molecule has 0 aliphatic carbocycles. The Kier molecular flexibility index (Phi) is 3.41. The van der Waals surface area contributed by atoms with Crippen LogP contribution in [-0.2, 0) is 16.0 Å². The maximum Gasteiger partial charge on any atom is 0.221 e. The Morgan fingerprint density at radius 2 is 1.88 bits per heavy atom. The highest BCUT2D eigenvalue weighted by Crippen LogP contribution is 2.16. The molecule has 0 aromatic heterocycles. The number of benzene rings is 1. The summed E-state index contributed by atoms with van der Waals surface area (Å²) in [5.74, 6) is -0.292. The van der Waals surface area contributed by atoms with Crippen molar-refractivity contribution in [1.29, 1.82) is 0 Å². The topological polar surface area (TPSA) is 55.6 Å². The molecule has 1 amide bonds. The van der Waals surface area contributed by atoms with Gasteiger partial charge < -0.3 is 15.4 Å². The van der Waals surface area contributed by atoms with E-state index in [2.05, 4.69) is 4.90 Å². The van der Waals surface area contributed by atoms with Crippen molar-refractivity contribution in [2.45, 2.75) is 6.42 Å². The number of hydrogen-bond acceptors (Lipinski definition) is 3. The predicted octanol–water partition coefficient (Wildman–Crippen LogP) is 0.551.